The zero-order chi connectivity index (χ0) is 32.6. The molecule has 0 amide bonds. The zero-order valence-electron chi connectivity index (χ0n) is 30.0. The summed E-state index contributed by atoms with van der Waals surface area (Å²) in [6.07, 6.45) is 25.4. The largest absolute Gasteiger partial charge is 0.372 e. The van der Waals surface area contributed by atoms with Crippen LogP contribution in [0.15, 0.2) is 75.1 Å². The van der Waals surface area contributed by atoms with E-state index < -0.39 is 0 Å². The van der Waals surface area contributed by atoms with E-state index in [2.05, 4.69) is 117 Å². The normalized spacial score (nSPS) is 15.4. The van der Waals surface area contributed by atoms with Gasteiger partial charge in [-0.1, -0.05) is 128 Å². The average Bonchev–Trinajstić information content (AvgIpc) is 2.98. The molecule has 1 aliphatic heterocycles. The van der Waals surface area contributed by atoms with Crippen molar-refractivity contribution in [3.8, 4) is 0 Å². The number of hydrogen-bond acceptors (Lipinski definition) is 3. The van der Waals surface area contributed by atoms with Crippen LogP contribution in [0.2, 0.25) is 0 Å². The van der Waals surface area contributed by atoms with E-state index in [1.165, 1.54) is 60.9 Å². The van der Waals surface area contributed by atoms with Gasteiger partial charge in [-0.2, -0.15) is 0 Å². The molecule has 1 fully saturated rings. The number of allylic oxidation sites excluding steroid dienone is 11. The Morgan fingerprint density at radius 1 is 0.833 bits per heavy atom. The fourth-order valence-electron chi connectivity index (χ4n) is 4.02. The predicted octanol–water partition coefficient (Wildman–Crippen LogP) is 12.3. The van der Waals surface area contributed by atoms with E-state index in [4.69, 9.17) is 11.6 Å². The maximum absolute atomic E-state index is 5.98. The molecule has 0 radical (unpaired) electrons. The van der Waals surface area contributed by atoms with Crippen molar-refractivity contribution in [2.75, 3.05) is 26.2 Å². The highest BCUT2D eigenvalue weighted by molar-refractivity contribution is 6.31. The molecule has 4 heteroatoms. The van der Waals surface area contributed by atoms with Crippen LogP contribution in [0.4, 0.5) is 0 Å². The van der Waals surface area contributed by atoms with Gasteiger partial charge < -0.3 is 10.2 Å². The lowest BCUT2D eigenvalue weighted by atomic mass is 10.00. The van der Waals surface area contributed by atoms with Crippen molar-refractivity contribution in [3.63, 3.8) is 0 Å². The highest BCUT2D eigenvalue weighted by Crippen LogP contribution is 2.20. The van der Waals surface area contributed by atoms with Gasteiger partial charge in [-0.15, -0.1) is 0 Å². The minimum absolute atomic E-state index is 0.815. The molecule has 0 saturated carbocycles. The van der Waals surface area contributed by atoms with E-state index in [0.717, 1.165) is 56.2 Å². The van der Waals surface area contributed by atoms with Crippen molar-refractivity contribution < 1.29 is 0 Å². The number of piperazine rings is 1. The summed E-state index contributed by atoms with van der Waals surface area (Å²) >= 11 is 5.98. The second kappa shape index (κ2) is 33.7. The van der Waals surface area contributed by atoms with E-state index in [0.29, 0.717) is 0 Å². The van der Waals surface area contributed by atoms with E-state index in [1.807, 2.05) is 24.4 Å². The fraction of sp³-hybridized carbons (Fsp3) is 0.658. The number of hydrogen-bond donors (Lipinski definition) is 1. The monoisotopic (exact) mass is 604 g/mol. The Labute approximate surface area is 269 Å². The Hall–Kier alpha value is -1.84. The molecule has 0 aromatic heterocycles. The van der Waals surface area contributed by atoms with Crippen molar-refractivity contribution >= 4 is 17.3 Å². The molecule has 1 saturated heterocycles. The lowest BCUT2D eigenvalue weighted by Gasteiger charge is -2.32. The van der Waals surface area contributed by atoms with Crippen LogP contribution in [0, 0.1) is 0 Å². The highest BCUT2D eigenvalue weighted by Gasteiger charge is 2.16. The molecule has 1 heterocycles. The smallest absolute Gasteiger partial charge is 0.0464 e. The summed E-state index contributed by atoms with van der Waals surface area (Å²) in [5, 5.41) is 4.22. The van der Waals surface area contributed by atoms with Crippen LogP contribution in [0.1, 0.15) is 141 Å². The molecule has 1 aliphatic rings. The van der Waals surface area contributed by atoms with Gasteiger partial charge in [0.1, 0.15) is 0 Å². The third-order valence-corrected chi connectivity index (χ3v) is 6.60. The number of aliphatic imine (C=N–C) groups is 1. The van der Waals surface area contributed by atoms with Crippen LogP contribution in [-0.4, -0.2) is 36.8 Å². The van der Waals surface area contributed by atoms with Crippen molar-refractivity contribution in [2.24, 2.45) is 4.99 Å². The Morgan fingerprint density at radius 2 is 1.38 bits per heavy atom. The summed E-state index contributed by atoms with van der Waals surface area (Å²) in [5.41, 5.74) is 6.37. The van der Waals surface area contributed by atoms with Crippen molar-refractivity contribution in [3.05, 3.63) is 70.1 Å². The van der Waals surface area contributed by atoms with E-state index in [9.17, 15) is 0 Å². The van der Waals surface area contributed by atoms with Gasteiger partial charge in [0, 0.05) is 54.4 Å². The van der Waals surface area contributed by atoms with Gasteiger partial charge in [-0.05, 0) is 71.6 Å². The average molecular weight is 604 g/mol. The zero-order valence-corrected chi connectivity index (χ0v) is 30.8. The molecule has 1 N–H and O–H groups in total. The molecule has 0 aromatic carbocycles. The molecule has 0 atom stereocenters. The molecule has 0 bridgehead atoms. The van der Waals surface area contributed by atoms with Crippen molar-refractivity contribution in [2.45, 2.75) is 141 Å². The predicted molar refractivity (Wildman–Crippen MR) is 197 cm³/mol. The second-order valence-electron chi connectivity index (χ2n) is 10.7. The topological polar surface area (TPSA) is 27.6 Å². The summed E-state index contributed by atoms with van der Waals surface area (Å²) in [5.74, 6) is 0. The number of nitrogens with zero attached hydrogens (tertiary/aromatic N) is 2. The first kappa shape index (κ1) is 44.6. The first-order valence-corrected chi connectivity index (χ1v) is 17.2. The third-order valence-electron chi connectivity index (χ3n) is 6.36. The van der Waals surface area contributed by atoms with E-state index in [1.54, 1.807) is 0 Å². The van der Waals surface area contributed by atoms with E-state index >= 15 is 0 Å². The SMILES string of the molecule is CC/C=C/C=C(Cl)\C=C(/C)CCC.CCC.CCCCCC.C\C=C(C)/C(C(/C)=N/C=C/CC)=C(/C)N1CCNCC1. The van der Waals surface area contributed by atoms with Crippen LogP contribution in [0.5, 0.6) is 0 Å². The van der Waals surface area contributed by atoms with Crippen molar-refractivity contribution in [1.29, 1.82) is 0 Å². The molecule has 0 unspecified atom stereocenters. The minimum atomic E-state index is 0.815. The van der Waals surface area contributed by atoms with Gasteiger partial charge in [0.15, 0.2) is 0 Å². The van der Waals surface area contributed by atoms with Crippen LogP contribution < -0.4 is 5.32 Å². The number of nitrogens with one attached hydrogen (secondary N) is 1. The molecule has 0 spiro atoms. The fourth-order valence-corrected chi connectivity index (χ4v) is 4.27. The molecule has 1 rings (SSSR count). The van der Waals surface area contributed by atoms with Gasteiger partial charge >= 0.3 is 0 Å². The molecule has 0 aromatic rings. The molecular weight excluding hydrogens is 534 g/mol. The van der Waals surface area contributed by atoms with Crippen LogP contribution in [0.25, 0.3) is 0 Å². The quantitative estimate of drug-likeness (QED) is 0.129. The minimum Gasteiger partial charge on any atom is -0.372 e. The molecule has 42 heavy (non-hydrogen) atoms. The molecule has 3 nitrogen and oxygen atoms in total. The number of unbranched alkanes of at least 4 members (excludes halogenated alkanes) is 3. The maximum Gasteiger partial charge on any atom is 0.0464 e. The summed E-state index contributed by atoms with van der Waals surface area (Å²) < 4.78 is 0. The lowest BCUT2D eigenvalue weighted by Crippen LogP contribution is -2.43. The Balaban J connectivity index is -0.000000590. The van der Waals surface area contributed by atoms with Gasteiger partial charge in [0.05, 0.1) is 0 Å². The Morgan fingerprint density at radius 3 is 1.83 bits per heavy atom. The van der Waals surface area contributed by atoms with Gasteiger partial charge in [-0.3, -0.25) is 4.99 Å². The van der Waals surface area contributed by atoms with Crippen LogP contribution in [-0.2, 0) is 0 Å². The number of rotatable bonds is 13. The second-order valence-corrected chi connectivity index (χ2v) is 11.2. The lowest BCUT2D eigenvalue weighted by molar-refractivity contribution is 0.298. The first-order valence-electron chi connectivity index (χ1n) is 16.8. The standard InChI is InChI=1S/C17H29N3.C12H19Cl.C6H14.C3H8/c1-6-8-9-19-15(4)17(14(3)7-2)16(5)20-12-10-18-11-13-20;1-4-6-7-9-12(13)10-11(3)8-5-2;1-3-5-6-4-2;1-3-2/h7-9,18H,6,10-13H2,1-5H3;6-7,9-10H,4-5,8H2,1-3H3;3-6H2,1-2H3;3H2,1-2H3/b9-8+,14-7-,17-16+,19-15+;7-6+,11-10+,12-9+;;. The van der Waals surface area contributed by atoms with Gasteiger partial charge in [0.25, 0.3) is 0 Å². The number of halogens is 1. The summed E-state index contributed by atoms with van der Waals surface area (Å²) in [6.45, 7) is 30.1. The Kier molecular flexibility index (Phi) is 35.7. The van der Waals surface area contributed by atoms with Gasteiger partial charge in [-0.25, -0.2) is 0 Å². The molecule has 244 valence electrons. The van der Waals surface area contributed by atoms with Crippen molar-refractivity contribution in [1.82, 2.24) is 10.2 Å². The van der Waals surface area contributed by atoms with Crippen LogP contribution in [0.3, 0.4) is 0 Å². The Bertz CT molecular complexity index is 830. The van der Waals surface area contributed by atoms with Crippen LogP contribution >= 0.6 is 11.6 Å². The molecule has 0 aliphatic carbocycles. The van der Waals surface area contributed by atoms with Gasteiger partial charge in [0.2, 0.25) is 0 Å². The summed E-state index contributed by atoms with van der Waals surface area (Å²) in [7, 11) is 0. The third kappa shape index (κ3) is 27.0. The van der Waals surface area contributed by atoms with E-state index in [-0.39, 0.29) is 0 Å². The first-order chi connectivity index (χ1) is 20.1. The molecular formula is C38H70ClN3. The maximum atomic E-state index is 5.98. The summed E-state index contributed by atoms with van der Waals surface area (Å²) in [4.78, 5) is 7.05. The highest BCUT2D eigenvalue weighted by atomic mass is 35.5. The summed E-state index contributed by atoms with van der Waals surface area (Å²) in [6, 6.07) is 0.